The van der Waals surface area contributed by atoms with Crippen LogP contribution < -0.4 is 16.0 Å². The van der Waals surface area contributed by atoms with Crippen LogP contribution in [0.3, 0.4) is 0 Å². The molecule has 1 unspecified atom stereocenters. The second-order valence-electron chi connectivity index (χ2n) is 4.48. The van der Waals surface area contributed by atoms with E-state index in [9.17, 15) is 14.7 Å². The molecular formula is C12H17N3O4S. The van der Waals surface area contributed by atoms with Gasteiger partial charge in [0.25, 0.3) is 5.91 Å². The summed E-state index contributed by atoms with van der Waals surface area (Å²) < 4.78 is 4.74. The number of hydrogen-bond donors (Lipinski definition) is 3. The van der Waals surface area contributed by atoms with Crippen molar-refractivity contribution >= 4 is 33.9 Å². The molecule has 8 heteroatoms. The largest absolute Gasteiger partial charge is 0.465 e. The molecule has 20 heavy (non-hydrogen) atoms. The first-order valence-electron chi connectivity index (χ1n) is 6.15. The minimum Gasteiger partial charge on any atom is -0.465 e. The molecule has 4 N–H and O–H groups in total. The maximum Gasteiger partial charge on any atom is 0.343 e. The van der Waals surface area contributed by atoms with Gasteiger partial charge in [0, 0.05) is 20.1 Å². The number of carbonyl (C=O) groups excluding carboxylic acids is 2. The van der Waals surface area contributed by atoms with E-state index in [1.807, 2.05) is 4.90 Å². The Morgan fingerprint density at radius 1 is 1.55 bits per heavy atom. The number of carbonyl (C=O) groups is 2. The lowest BCUT2D eigenvalue weighted by Crippen LogP contribution is -2.22. The van der Waals surface area contributed by atoms with E-state index in [4.69, 9.17) is 10.5 Å². The van der Waals surface area contributed by atoms with E-state index in [-0.39, 0.29) is 22.0 Å². The van der Waals surface area contributed by atoms with Gasteiger partial charge in [-0.25, -0.2) is 4.79 Å². The number of thiophene rings is 1. The molecule has 7 nitrogen and oxygen atoms in total. The molecule has 1 amide bonds. The summed E-state index contributed by atoms with van der Waals surface area (Å²) >= 11 is 1.14. The molecular weight excluding hydrogens is 282 g/mol. The predicted molar refractivity (Wildman–Crippen MR) is 76.3 cm³/mol. The van der Waals surface area contributed by atoms with Gasteiger partial charge in [0.2, 0.25) is 0 Å². The van der Waals surface area contributed by atoms with Gasteiger partial charge in [-0.05, 0) is 6.42 Å². The van der Waals surface area contributed by atoms with Crippen LogP contribution >= 0.6 is 11.3 Å². The van der Waals surface area contributed by atoms with Gasteiger partial charge in [0.05, 0.1) is 18.9 Å². The summed E-state index contributed by atoms with van der Waals surface area (Å²) in [4.78, 5) is 25.8. The molecule has 2 heterocycles. The molecule has 2 rings (SSSR count). The maximum absolute atomic E-state index is 11.9. The van der Waals surface area contributed by atoms with E-state index in [0.29, 0.717) is 24.5 Å². The van der Waals surface area contributed by atoms with Crippen molar-refractivity contribution in [1.82, 2.24) is 5.32 Å². The third-order valence-corrected chi connectivity index (χ3v) is 4.47. The smallest absolute Gasteiger partial charge is 0.343 e. The van der Waals surface area contributed by atoms with Crippen molar-refractivity contribution in [1.29, 1.82) is 0 Å². The zero-order chi connectivity index (χ0) is 14.9. The van der Waals surface area contributed by atoms with E-state index in [1.165, 1.54) is 14.2 Å². The molecule has 1 aliphatic rings. The van der Waals surface area contributed by atoms with Crippen LogP contribution in [0.2, 0.25) is 0 Å². The SMILES string of the molecule is CNC(=O)c1sc(N2CCC(O)C2)c(C(=O)OC)c1N. The number of methoxy groups -OCH3 is 1. The molecule has 0 radical (unpaired) electrons. The van der Waals surface area contributed by atoms with E-state index in [1.54, 1.807) is 0 Å². The maximum atomic E-state index is 11.9. The van der Waals surface area contributed by atoms with Gasteiger partial charge in [-0.1, -0.05) is 0 Å². The van der Waals surface area contributed by atoms with Gasteiger partial charge in [0.1, 0.15) is 15.4 Å². The normalized spacial score (nSPS) is 18.1. The zero-order valence-electron chi connectivity index (χ0n) is 11.3. The second kappa shape index (κ2) is 5.68. The number of esters is 1. The highest BCUT2D eigenvalue weighted by molar-refractivity contribution is 7.19. The summed E-state index contributed by atoms with van der Waals surface area (Å²) in [5.74, 6) is -0.922. The van der Waals surface area contributed by atoms with Gasteiger partial charge in [-0.3, -0.25) is 4.79 Å². The number of rotatable bonds is 3. The number of aliphatic hydroxyl groups is 1. The van der Waals surface area contributed by atoms with Crippen LogP contribution in [0.5, 0.6) is 0 Å². The van der Waals surface area contributed by atoms with Crippen LogP contribution in [0.1, 0.15) is 26.5 Å². The molecule has 1 atom stereocenters. The fourth-order valence-electron chi connectivity index (χ4n) is 2.16. The van der Waals surface area contributed by atoms with E-state index < -0.39 is 12.1 Å². The fourth-order valence-corrected chi connectivity index (χ4v) is 3.35. The van der Waals surface area contributed by atoms with Crippen molar-refractivity contribution in [2.45, 2.75) is 12.5 Å². The average molecular weight is 299 g/mol. The predicted octanol–water partition coefficient (Wildman–Crippen LogP) is 0.0475. The highest BCUT2D eigenvalue weighted by atomic mass is 32.1. The lowest BCUT2D eigenvalue weighted by atomic mass is 10.2. The Bertz CT molecular complexity index is 543. The lowest BCUT2D eigenvalue weighted by Gasteiger charge is -2.16. The van der Waals surface area contributed by atoms with Crippen molar-refractivity contribution in [2.75, 3.05) is 37.9 Å². The monoisotopic (exact) mass is 299 g/mol. The summed E-state index contributed by atoms with van der Waals surface area (Å²) in [6.07, 6.45) is 0.181. The standard InChI is InChI=1S/C12H17N3O4S/c1-14-10(17)9-8(13)7(12(18)19-2)11(20-9)15-4-3-6(16)5-15/h6,16H,3-5,13H2,1-2H3,(H,14,17). The summed E-state index contributed by atoms with van der Waals surface area (Å²) in [6, 6.07) is 0. The number of nitrogens with two attached hydrogens (primary N) is 1. The van der Waals surface area contributed by atoms with Crippen molar-refractivity contribution in [3.05, 3.63) is 10.4 Å². The van der Waals surface area contributed by atoms with Gasteiger partial charge < -0.3 is 25.8 Å². The first-order chi connectivity index (χ1) is 9.49. The Labute approximate surface area is 120 Å². The molecule has 110 valence electrons. The Balaban J connectivity index is 2.48. The first-order valence-corrected chi connectivity index (χ1v) is 6.96. The molecule has 1 aliphatic heterocycles. The van der Waals surface area contributed by atoms with Crippen molar-refractivity contribution in [2.24, 2.45) is 0 Å². The van der Waals surface area contributed by atoms with Gasteiger partial charge in [-0.2, -0.15) is 0 Å². The molecule has 0 spiro atoms. The molecule has 1 aromatic rings. The fraction of sp³-hybridized carbons (Fsp3) is 0.500. The zero-order valence-corrected chi connectivity index (χ0v) is 12.1. The van der Waals surface area contributed by atoms with E-state index >= 15 is 0 Å². The number of nitrogens with one attached hydrogen (secondary N) is 1. The van der Waals surface area contributed by atoms with Crippen molar-refractivity contribution < 1.29 is 19.4 Å². The third kappa shape index (κ3) is 2.44. The molecule has 0 bridgehead atoms. The Hall–Kier alpha value is -1.80. The number of nitrogens with zero attached hydrogens (tertiary/aromatic N) is 1. The molecule has 0 aliphatic carbocycles. The van der Waals surface area contributed by atoms with Crippen LogP contribution in [0.25, 0.3) is 0 Å². The number of hydrogen-bond acceptors (Lipinski definition) is 7. The second-order valence-corrected chi connectivity index (χ2v) is 5.48. The van der Waals surface area contributed by atoms with Gasteiger partial charge in [-0.15, -0.1) is 11.3 Å². The topological polar surface area (TPSA) is 105 Å². The van der Waals surface area contributed by atoms with Crippen molar-refractivity contribution in [3.63, 3.8) is 0 Å². The van der Waals surface area contributed by atoms with Crippen LogP contribution in [-0.4, -0.2) is 50.3 Å². The van der Waals surface area contributed by atoms with Crippen LogP contribution in [0.15, 0.2) is 0 Å². The van der Waals surface area contributed by atoms with Gasteiger partial charge in [0.15, 0.2) is 0 Å². The lowest BCUT2D eigenvalue weighted by molar-refractivity contribution is 0.0603. The molecule has 1 fully saturated rings. The van der Waals surface area contributed by atoms with E-state index in [2.05, 4.69) is 5.32 Å². The van der Waals surface area contributed by atoms with Gasteiger partial charge >= 0.3 is 5.97 Å². The van der Waals surface area contributed by atoms with Crippen LogP contribution in [-0.2, 0) is 4.74 Å². The minimum atomic E-state index is -0.578. The quantitative estimate of drug-likeness (QED) is 0.681. The summed E-state index contributed by atoms with van der Waals surface area (Å²) in [7, 11) is 2.76. The summed E-state index contributed by atoms with van der Waals surface area (Å²) in [6.45, 7) is 1.02. The Morgan fingerprint density at radius 3 is 2.75 bits per heavy atom. The van der Waals surface area contributed by atoms with E-state index in [0.717, 1.165) is 11.3 Å². The first kappa shape index (κ1) is 14.6. The highest BCUT2D eigenvalue weighted by Crippen LogP contribution is 2.40. The summed E-state index contributed by atoms with van der Waals surface area (Å²) in [5, 5.41) is 12.7. The third-order valence-electron chi connectivity index (χ3n) is 3.20. The van der Waals surface area contributed by atoms with Crippen LogP contribution in [0.4, 0.5) is 10.7 Å². The molecule has 0 saturated carbocycles. The molecule has 1 aromatic heterocycles. The highest BCUT2D eigenvalue weighted by Gasteiger charge is 2.31. The van der Waals surface area contributed by atoms with Crippen molar-refractivity contribution in [3.8, 4) is 0 Å². The number of aliphatic hydroxyl groups excluding tert-OH is 1. The number of ether oxygens (including phenoxy) is 1. The average Bonchev–Trinajstić information content (AvgIpc) is 3.01. The Kier molecular flexibility index (Phi) is 4.15. The number of β-amino-alcohol motifs (C(OH)–C–C–N with tert-alkyl or cyclic N) is 1. The minimum absolute atomic E-state index is 0.123. The number of nitrogen functional groups attached to an aromatic ring is 1. The van der Waals surface area contributed by atoms with Crippen LogP contribution in [0, 0.1) is 0 Å². The molecule has 0 aromatic carbocycles. The summed E-state index contributed by atoms with van der Waals surface area (Å²) in [5.41, 5.74) is 6.24. The number of anilines is 2. The molecule has 1 saturated heterocycles. The Morgan fingerprint density at radius 2 is 2.25 bits per heavy atom. The number of amides is 1.